The Balaban J connectivity index is 1.38. The molecule has 0 aliphatic rings. The number of aromatic nitrogens is 2. The van der Waals surface area contributed by atoms with Crippen LogP contribution in [0.5, 0.6) is 0 Å². The van der Waals surface area contributed by atoms with Gasteiger partial charge in [-0.1, -0.05) is 90.1 Å². The quantitative estimate of drug-likeness (QED) is 0.260. The summed E-state index contributed by atoms with van der Waals surface area (Å²) in [5, 5.41) is 8.59. The number of nitrogens with zero attached hydrogens (tertiary/aromatic N) is 2. The standard InChI is InChI=1S/C32H32N2O2/c1-31(2,3)25-14-10-21(11-15-25)27-18-19-28(35-27)23-8-7-9-24(20-23)30-34-33-29(36-30)22-12-16-26(17-13-22)32(4,5)6/h7-20H,1-6H3. The molecule has 0 aliphatic carbocycles. The maximum atomic E-state index is 6.22. The number of benzene rings is 3. The zero-order valence-corrected chi connectivity index (χ0v) is 21.8. The molecule has 5 rings (SSSR count). The third-order valence-corrected chi connectivity index (χ3v) is 6.46. The van der Waals surface area contributed by atoms with Gasteiger partial charge in [0.05, 0.1) is 0 Å². The van der Waals surface area contributed by atoms with Crippen molar-refractivity contribution in [3.8, 4) is 45.6 Å². The summed E-state index contributed by atoms with van der Waals surface area (Å²) in [5.74, 6) is 2.63. The molecule has 0 N–H and O–H groups in total. The van der Waals surface area contributed by atoms with Gasteiger partial charge in [0.25, 0.3) is 0 Å². The summed E-state index contributed by atoms with van der Waals surface area (Å²) in [5.41, 5.74) is 6.56. The normalized spacial score (nSPS) is 12.2. The van der Waals surface area contributed by atoms with E-state index in [0.717, 1.165) is 33.8 Å². The van der Waals surface area contributed by atoms with E-state index in [1.54, 1.807) is 0 Å². The molecular formula is C32H32N2O2. The summed E-state index contributed by atoms with van der Waals surface area (Å²) in [6.07, 6.45) is 0. The molecule has 0 fully saturated rings. The summed E-state index contributed by atoms with van der Waals surface area (Å²) in [6.45, 7) is 13.2. The van der Waals surface area contributed by atoms with Gasteiger partial charge in [-0.15, -0.1) is 10.2 Å². The smallest absolute Gasteiger partial charge is 0.248 e. The van der Waals surface area contributed by atoms with E-state index in [0.29, 0.717) is 11.8 Å². The topological polar surface area (TPSA) is 52.1 Å². The van der Waals surface area contributed by atoms with Crippen molar-refractivity contribution in [2.24, 2.45) is 0 Å². The number of hydrogen-bond donors (Lipinski definition) is 0. The molecule has 2 heterocycles. The average Bonchev–Trinajstić information content (AvgIpc) is 3.54. The molecule has 0 spiro atoms. The van der Waals surface area contributed by atoms with Gasteiger partial charge in [0, 0.05) is 22.3 Å². The van der Waals surface area contributed by atoms with Crippen molar-refractivity contribution >= 4 is 0 Å². The van der Waals surface area contributed by atoms with Crippen molar-refractivity contribution in [2.75, 3.05) is 0 Å². The summed E-state index contributed by atoms with van der Waals surface area (Å²) >= 11 is 0. The third kappa shape index (κ3) is 4.90. The molecule has 0 saturated carbocycles. The molecule has 0 amide bonds. The van der Waals surface area contributed by atoms with Gasteiger partial charge in [0.2, 0.25) is 11.8 Å². The second kappa shape index (κ2) is 8.94. The van der Waals surface area contributed by atoms with Crippen LogP contribution in [0.25, 0.3) is 45.6 Å². The van der Waals surface area contributed by atoms with Gasteiger partial charge in [-0.05, 0) is 58.4 Å². The Morgan fingerprint density at radius 1 is 0.472 bits per heavy atom. The van der Waals surface area contributed by atoms with Crippen molar-refractivity contribution in [2.45, 2.75) is 52.4 Å². The first-order valence-electron chi connectivity index (χ1n) is 12.3. The average molecular weight is 477 g/mol. The van der Waals surface area contributed by atoms with Crippen molar-refractivity contribution in [3.63, 3.8) is 0 Å². The van der Waals surface area contributed by atoms with Gasteiger partial charge in [0.15, 0.2) is 0 Å². The minimum atomic E-state index is 0.0978. The molecule has 3 aromatic carbocycles. The van der Waals surface area contributed by atoms with Crippen LogP contribution in [-0.2, 0) is 10.8 Å². The highest BCUT2D eigenvalue weighted by Gasteiger charge is 2.17. The van der Waals surface area contributed by atoms with E-state index in [1.807, 2.05) is 48.5 Å². The molecule has 0 radical (unpaired) electrons. The van der Waals surface area contributed by atoms with Gasteiger partial charge >= 0.3 is 0 Å². The second-order valence-electron chi connectivity index (χ2n) is 11.3. The fourth-order valence-electron chi connectivity index (χ4n) is 4.16. The van der Waals surface area contributed by atoms with E-state index < -0.39 is 0 Å². The van der Waals surface area contributed by atoms with E-state index in [2.05, 4.69) is 88.1 Å². The lowest BCUT2D eigenvalue weighted by Crippen LogP contribution is -2.10. The number of hydrogen-bond acceptors (Lipinski definition) is 4. The molecule has 2 aromatic heterocycles. The van der Waals surface area contributed by atoms with Crippen LogP contribution >= 0.6 is 0 Å². The van der Waals surface area contributed by atoms with Gasteiger partial charge in [-0.25, -0.2) is 0 Å². The highest BCUT2D eigenvalue weighted by Crippen LogP contribution is 2.33. The van der Waals surface area contributed by atoms with Crippen LogP contribution < -0.4 is 0 Å². The van der Waals surface area contributed by atoms with Gasteiger partial charge in [-0.2, -0.15) is 0 Å². The Bertz CT molecular complexity index is 1360. The maximum Gasteiger partial charge on any atom is 0.248 e. The first-order valence-corrected chi connectivity index (χ1v) is 12.3. The molecule has 4 nitrogen and oxygen atoms in total. The Kier molecular flexibility index (Phi) is 5.91. The molecule has 182 valence electrons. The van der Waals surface area contributed by atoms with E-state index in [-0.39, 0.29) is 10.8 Å². The first-order chi connectivity index (χ1) is 17.1. The van der Waals surface area contributed by atoms with Crippen molar-refractivity contribution in [1.82, 2.24) is 10.2 Å². The Morgan fingerprint density at radius 3 is 1.50 bits per heavy atom. The van der Waals surface area contributed by atoms with Crippen LogP contribution in [0.15, 0.2) is 93.8 Å². The van der Waals surface area contributed by atoms with Crippen molar-refractivity contribution in [3.05, 3.63) is 96.1 Å². The van der Waals surface area contributed by atoms with Crippen LogP contribution in [0, 0.1) is 0 Å². The zero-order valence-electron chi connectivity index (χ0n) is 21.8. The molecule has 0 saturated heterocycles. The molecule has 4 heteroatoms. The SMILES string of the molecule is CC(C)(C)c1ccc(-c2ccc(-c3cccc(-c4nnc(-c5ccc(C(C)(C)C)cc5)o4)c3)o2)cc1. The molecule has 36 heavy (non-hydrogen) atoms. The van der Waals surface area contributed by atoms with E-state index in [1.165, 1.54) is 11.1 Å². The van der Waals surface area contributed by atoms with Crippen LogP contribution in [0.2, 0.25) is 0 Å². The van der Waals surface area contributed by atoms with Crippen LogP contribution in [0.3, 0.4) is 0 Å². The van der Waals surface area contributed by atoms with Gasteiger partial charge < -0.3 is 8.83 Å². The predicted molar refractivity (Wildman–Crippen MR) is 146 cm³/mol. The molecule has 5 aromatic rings. The molecular weight excluding hydrogens is 444 g/mol. The lowest BCUT2D eigenvalue weighted by atomic mass is 9.86. The predicted octanol–water partition coefficient (Wildman–Crippen LogP) is 8.93. The summed E-state index contributed by atoms with van der Waals surface area (Å²) in [4.78, 5) is 0. The summed E-state index contributed by atoms with van der Waals surface area (Å²) in [6, 6.07) is 28.9. The molecule has 0 bridgehead atoms. The fraction of sp³-hybridized carbons (Fsp3) is 0.250. The van der Waals surface area contributed by atoms with E-state index in [9.17, 15) is 0 Å². The Labute approximate surface area is 213 Å². The molecule has 0 unspecified atom stereocenters. The van der Waals surface area contributed by atoms with Crippen molar-refractivity contribution < 1.29 is 8.83 Å². The lowest BCUT2D eigenvalue weighted by molar-refractivity contribution is 0.581. The summed E-state index contributed by atoms with van der Waals surface area (Å²) < 4.78 is 12.3. The number of rotatable bonds is 4. The highest BCUT2D eigenvalue weighted by atomic mass is 16.4. The largest absolute Gasteiger partial charge is 0.456 e. The second-order valence-corrected chi connectivity index (χ2v) is 11.3. The van der Waals surface area contributed by atoms with Crippen LogP contribution in [-0.4, -0.2) is 10.2 Å². The van der Waals surface area contributed by atoms with Crippen molar-refractivity contribution in [1.29, 1.82) is 0 Å². The van der Waals surface area contributed by atoms with E-state index in [4.69, 9.17) is 8.83 Å². The minimum Gasteiger partial charge on any atom is -0.456 e. The first kappa shape index (κ1) is 23.8. The highest BCUT2D eigenvalue weighted by molar-refractivity contribution is 5.69. The van der Waals surface area contributed by atoms with Gasteiger partial charge in [0.1, 0.15) is 11.5 Å². The van der Waals surface area contributed by atoms with Crippen LogP contribution in [0.1, 0.15) is 52.7 Å². The zero-order chi connectivity index (χ0) is 25.5. The maximum absolute atomic E-state index is 6.22. The van der Waals surface area contributed by atoms with E-state index >= 15 is 0 Å². The third-order valence-electron chi connectivity index (χ3n) is 6.46. The molecule has 0 atom stereocenters. The Hall–Kier alpha value is -3.92. The summed E-state index contributed by atoms with van der Waals surface area (Å²) in [7, 11) is 0. The molecule has 0 aliphatic heterocycles. The fourth-order valence-corrected chi connectivity index (χ4v) is 4.16. The monoisotopic (exact) mass is 476 g/mol. The van der Waals surface area contributed by atoms with Gasteiger partial charge in [-0.3, -0.25) is 0 Å². The Morgan fingerprint density at radius 2 is 0.944 bits per heavy atom. The number of furan rings is 1. The lowest BCUT2D eigenvalue weighted by Gasteiger charge is -2.18. The van der Waals surface area contributed by atoms with Crippen LogP contribution in [0.4, 0.5) is 0 Å². The minimum absolute atomic E-state index is 0.0978.